The first-order chi connectivity index (χ1) is 15.8. The van der Waals surface area contributed by atoms with Crippen LogP contribution in [0.5, 0.6) is 0 Å². The summed E-state index contributed by atoms with van der Waals surface area (Å²) in [6, 6.07) is 35.7. The van der Waals surface area contributed by atoms with E-state index in [0.29, 0.717) is 0 Å². The van der Waals surface area contributed by atoms with Crippen molar-refractivity contribution < 1.29 is 0 Å². The lowest BCUT2D eigenvalue weighted by Gasteiger charge is -2.08. The molecule has 0 aliphatic carbocycles. The van der Waals surface area contributed by atoms with E-state index < -0.39 is 0 Å². The average Bonchev–Trinajstić information content (AvgIpc) is 3.23. The maximum absolute atomic E-state index is 6.26. The molecule has 6 rings (SSSR count). The van der Waals surface area contributed by atoms with Crippen molar-refractivity contribution in [3.05, 3.63) is 108 Å². The van der Waals surface area contributed by atoms with Gasteiger partial charge in [0.15, 0.2) is 0 Å². The predicted molar refractivity (Wildman–Crippen MR) is 136 cm³/mol. The zero-order valence-corrected chi connectivity index (χ0v) is 18.6. The highest BCUT2D eigenvalue weighted by molar-refractivity contribution is 7.26. The number of fused-ring (bicyclic) bond motifs is 3. The molecule has 0 spiro atoms. The summed E-state index contributed by atoms with van der Waals surface area (Å²) in [6.07, 6.45) is 0. The summed E-state index contributed by atoms with van der Waals surface area (Å²) in [5.41, 5.74) is 6.11. The van der Waals surface area contributed by atoms with Crippen molar-refractivity contribution in [2.24, 2.45) is 0 Å². The van der Waals surface area contributed by atoms with Crippen LogP contribution in [0.25, 0.3) is 53.8 Å². The Balaban J connectivity index is 1.42. The molecule has 0 amide bonds. The Labute approximate surface area is 194 Å². The van der Waals surface area contributed by atoms with E-state index in [1.54, 1.807) is 0 Å². The van der Waals surface area contributed by atoms with Crippen molar-refractivity contribution in [3.63, 3.8) is 0 Å². The Bertz CT molecular complexity index is 1570. The van der Waals surface area contributed by atoms with Crippen molar-refractivity contribution in [1.82, 2.24) is 9.97 Å². The number of nitrogens with zero attached hydrogens (tertiary/aromatic N) is 2. The first-order valence-corrected chi connectivity index (χ1v) is 11.6. The Hall–Kier alpha value is -3.53. The largest absolute Gasteiger partial charge is 0.223 e. The molecular weight excluding hydrogens is 432 g/mol. The molecule has 0 saturated heterocycles. The lowest BCUT2D eigenvalue weighted by atomic mass is 10.0. The third-order valence-corrected chi connectivity index (χ3v) is 7.05. The SMILES string of the molecule is Clc1nc(-c2ccccc2)cc(-c2ccc(-c3cccc4c3sc3ccccc34)cc2)n1. The first-order valence-electron chi connectivity index (χ1n) is 10.4. The van der Waals surface area contributed by atoms with E-state index in [-0.39, 0.29) is 5.28 Å². The van der Waals surface area contributed by atoms with Crippen LogP contribution in [0.15, 0.2) is 103 Å². The molecule has 6 aromatic rings. The van der Waals surface area contributed by atoms with Crippen LogP contribution >= 0.6 is 22.9 Å². The van der Waals surface area contributed by atoms with Gasteiger partial charge in [-0.15, -0.1) is 11.3 Å². The molecular formula is C28H17ClN2S. The van der Waals surface area contributed by atoms with Gasteiger partial charge in [-0.1, -0.05) is 91.0 Å². The van der Waals surface area contributed by atoms with Gasteiger partial charge >= 0.3 is 0 Å². The lowest BCUT2D eigenvalue weighted by Crippen LogP contribution is -1.92. The van der Waals surface area contributed by atoms with E-state index in [0.717, 1.165) is 22.5 Å². The fourth-order valence-corrected chi connectivity index (χ4v) is 5.54. The summed E-state index contributed by atoms with van der Waals surface area (Å²) < 4.78 is 2.63. The van der Waals surface area contributed by atoms with Crippen molar-refractivity contribution in [2.75, 3.05) is 0 Å². The van der Waals surface area contributed by atoms with Gasteiger partial charge in [0.2, 0.25) is 5.28 Å². The van der Waals surface area contributed by atoms with E-state index in [1.807, 2.05) is 47.7 Å². The van der Waals surface area contributed by atoms with E-state index in [1.165, 1.54) is 31.3 Å². The van der Waals surface area contributed by atoms with Gasteiger partial charge < -0.3 is 0 Å². The molecule has 0 unspecified atom stereocenters. The molecule has 0 bridgehead atoms. The Kier molecular flexibility index (Phi) is 4.71. The average molecular weight is 449 g/mol. The van der Waals surface area contributed by atoms with Crippen LogP contribution in [0, 0.1) is 0 Å². The smallest absolute Gasteiger partial charge is 0.218 e. The molecule has 4 aromatic carbocycles. The first kappa shape index (κ1) is 19.2. The van der Waals surface area contributed by atoms with Gasteiger partial charge in [0, 0.05) is 31.3 Å². The third kappa shape index (κ3) is 3.36. The summed E-state index contributed by atoms with van der Waals surface area (Å²) in [5, 5.41) is 2.87. The lowest BCUT2D eigenvalue weighted by molar-refractivity contribution is 1.18. The van der Waals surface area contributed by atoms with Gasteiger partial charge in [-0.3, -0.25) is 0 Å². The van der Waals surface area contributed by atoms with E-state index in [4.69, 9.17) is 11.6 Å². The fraction of sp³-hybridized carbons (Fsp3) is 0. The molecule has 0 saturated carbocycles. The summed E-state index contributed by atoms with van der Waals surface area (Å²) in [4.78, 5) is 8.87. The number of rotatable bonds is 3. The van der Waals surface area contributed by atoms with Crippen molar-refractivity contribution in [3.8, 4) is 33.6 Å². The Morgan fingerprint density at radius 1 is 0.562 bits per heavy atom. The van der Waals surface area contributed by atoms with Gasteiger partial charge in [-0.2, -0.15) is 0 Å². The monoisotopic (exact) mass is 448 g/mol. The Morgan fingerprint density at radius 2 is 1.19 bits per heavy atom. The van der Waals surface area contributed by atoms with Crippen LogP contribution in [0.2, 0.25) is 5.28 Å². The van der Waals surface area contributed by atoms with Crippen LogP contribution in [-0.2, 0) is 0 Å². The van der Waals surface area contributed by atoms with Crippen LogP contribution in [-0.4, -0.2) is 9.97 Å². The molecule has 2 heterocycles. The molecule has 2 nitrogen and oxygen atoms in total. The van der Waals surface area contributed by atoms with Gasteiger partial charge in [0.1, 0.15) is 0 Å². The molecule has 32 heavy (non-hydrogen) atoms. The number of benzene rings is 4. The van der Waals surface area contributed by atoms with Crippen LogP contribution in [0.3, 0.4) is 0 Å². The minimum Gasteiger partial charge on any atom is -0.218 e. The molecule has 152 valence electrons. The predicted octanol–water partition coefficient (Wildman–Crippen LogP) is 8.50. The maximum atomic E-state index is 6.26. The van der Waals surface area contributed by atoms with Gasteiger partial charge in [-0.25, -0.2) is 9.97 Å². The molecule has 0 N–H and O–H groups in total. The second-order valence-corrected chi connectivity index (χ2v) is 9.02. The van der Waals surface area contributed by atoms with Gasteiger partial charge in [0.25, 0.3) is 0 Å². The standard InChI is InChI=1S/C28H17ClN2S/c29-28-30-24(19-7-2-1-3-8-19)17-25(31-28)20-15-13-18(14-16-20)21-10-6-11-23-22-9-4-5-12-26(22)32-27(21)23/h1-17H. The number of thiophene rings is 1. The van der Waals surface area contributed by atoms with E-state index in [9.17, 15) is 0 Å². The summed E-state index contributed by atoms with van der Waals surface area (Å²) in [7, 11) is 0. The highest BCUT2D eigenvalue weighted by Crippen LogP contribution is 2.40. The highest BCUT2D eigenvalue weighted by Gasteiger charge is 2.11. The van der Waals surface area contributed by atoms with Crippen LogP contribution in [0.1, 0.15) is 0 Å². The molecule has 4 heteroatoms. The second kappa shape index (κ2) is 7.86. The van der Waals surface area contributed by atoms with E-state index in [2.05, 4.69) is 76.7 Å². The molecule has 0 aliphatic rings. The normalized spacial score (nSPS) is 11.3. The fourth-order valence-electron chi connectivity index (χ4n) is 4.12. The minimum absolute atomic E-state index is 0.250. The number of hydrogen-bond donors (Lipinski definition) is 0. The highest BCUT2D eigenvalue weighted by atomic mass is 35.5. The minimum atomic E-state index is 0.250. The van der Waals surface area contributed by atoms with Gasteiger partial charge in [0.05, 0.1) is 11.4 Å². The number of hydrogen-bond acceptors (Lipinski definition) is 3. The van der Waals surface area contributed by atoms with Crippen molar-refractivity contribution >= 4 is 43.1 Å². The molecule has 0 atom stereocenters. The van der Waals surface area contributed by atoms with Crippen molar-refractivity contribution in [1.29, 1.82) is 0 Å². The summed E-state index contributed by atoms with van der Waals surface area (Å²) >= 11 is 8.11. The third-order valence-electron chi connectivity index (χ3n) is 5.66. The maximum Gasteiger partial charge on any atom is 0.223 e. The summed E-state index contributed by atoms with van der Waals surface area (Å²) in [5.74, 6) is 0. The van der Waals surface area contributed by atoms with Crippen molar-refractivity contribution in [2.45, 2.75) is 0 Å². The number of aromatic nitrogens is 2. The summed E-state index contributed by atoms with van der Waals surface area (Å²) in [6.45, 7) is 0. The van der Waals surface area contributed by atoms with Gasteiger partial charge in [-0.05, 0) is 34.9 Å². The molecule has 0 fully saturated rings. The topological polar surface area (TPSA) is 25.8 Å². The van der Waals surface area contributed by atoms with E-state index >= 15 is 0 Å². The van der Waals surface area contributed by atoms with Crippen LogP contribution in [0.4, 0.5) is 0 Å². The Morgan fingerprint density at radius 3 is 1.97 bits per heavy atom. The molecule has 2 aromatic heterocycles. The zero-order valence-electron chi connectivity index (χ0n) is 17.0. The molecule has 0 radical (unpaired) electrons. The number of halogens is 1. The zero-order chi connectivity index (χ0) is 21.5. The quantitative estimate of drug-likeness (QED) is 0.253. The second-order valence-electron chi connectivity index (χ2n) is 7.63. The van der Waals surface area contributed by atoms with Crippen LogP contribution < -0.4 is 0 Å². The molecule has 0 aliphatic heterocycles.